The highest BCUT2D eigenvalue weighted by Gasteiger charge is 2.11. The number of aryl methyl sites for hydroxylation is 1. The number of pyridine rings is 1. The molecule has 0 spiro atoms. The van der Waals surface area contributed by atoms with Crippen LogP contribution < -0.4 is 11.1 Å². The standard InChI is InChI=1S/C10H12N4O/c1-6-3-4-7(9(11)15)10-13-5-8(12-2)14(6)10/h3-5,12H,1-2H3,(H2,11,15). The summed E-state index contributed by atoms with van der Waals surface area (Å²) in [7, 11) is 1.81. The van der Waals surface area contributed by atoms with Gasteiger partial charge in [0.05, 0.1) is 11.8 Å². The van der Waals surface area contributed by atoms with Crippen LogP contribution in [0.1, 0.15) is 16.1 Å². The molecule has 0 radical (unpaired) electrons. The average molecular weight is 204 g/mol. The Bertz CT molecular complexity index is 529. The first kappa shape index (κ1) is 9.51. The maximum absolute atomic E-state index is 11.2. The molecular weight excluding hydrogens is 192 g/mol. The van der Waals surface area contributed by atoms with Crippen molar-refractivity contribution in [3.8, 4) is 0 Å². The second-order valence-corrected chi connectivity index (χ2v) is 3.31. The number of anilines is 1. The monoisotopic (exact) mass is 204 g/mol. The van der Waals surface area contributed by atoms with Gasteiger partial charge >= 0.3 is 0 Å². The molecule has 0 atom stereocenters. The van der Waals surface area contributed by atoms with E-state index in [1.165, 1.54) is 0 Å². The van der Waals surface area contributed by atoms with Gasteiger partial charge in [0.15, 0.2) is 5.65 Å². The predicted molar refractivity (Wildman–Crippen MR) is 58.0 cm³/mol. The molecule has 0 bridgehead atoms. The minimum absolute atomic E-state index is 0.433. The van der Waals surface area contributed by atoms with Crippen molar-refractivity contribution in [2.45, 2.75) is 6.92 Å². The Balaban J connectivity index is 2.84. The van der Waals surface area contributed by atoms with Crippen molar-refractivity contribution in [2.24, 2.45) is 5.73 Å². The third-order valence-corrected chi connectivity index (χ3v) is 2.37. The topological polar surface area (TPSA) is 72.4 Å². The van der Waals surface area contributed by atoms with Crippen molar-refractivity contribution in [2.75, 3.05) is 12.4 Å². The number of nitrogens with zero attached hydrogens (tertiary/aromatic N) is 2. The van der Waals surface area contributed by atoms with Gasteiger partial charge in [-0.1, -0.05) is 0 Å². The highest BCUT2D eigenvalue weighted by atomic mass is 16.1. The highest BCUT2D eigenvalue weighted by molar-refractivity contribution is 5.99. The number of rotatable bonds is 2. The van der Waals surface area contributed by atoms with Crippen LogP contribution in [0.15, 0.2) is 18.3 Å². The van der Waals surface area contributed by atoms with Gasteiger partial charge in [0.25, 0.3) is 5.91 Å². The number of carbonyl (C=O) groups excluding carboxylic acids is 1. The number of amides is 1. The summed E-state index contributed by atoms with van der Waals surface area (Å²) < 4.78 is 1.86. The molecule has 2 aromatic rings. The second-order valence-electron chi connectivity index (χ2n) is 3.31. The maximum atomic E-state index is 11.2. The Morgan fingerprint density at radius 3 is 2.87 bits per heavy atom. The summed E-state index contributed by atoms with van der Waals surface area (Å²) in [4.78, 5) is 15.3. The van der Waals surface area contributed by atoms with Gasteiger partial charge in [0, 0.05) is 12.7 Å². The van der Waals surface area contributed by atoms with E-state index in [-0.39, 0.29) is 0 Å². The molecule has 3 N–H and O–H groups in total. The normalized spacial score (nSPS) is 10.5. The van der Waals surface area contributed by atoms with E-state index in [4.69, 9.17) is 5.73 Å². The van der Waals surface area contributed by atoms with Gasteiger partial charge in [-0.05, 0) is 19.1 Å². The molecule has 5 nitrogen and oxygen atoms in total. The van der Waals surface area contributed by atoms with E-state index < -0.39 is 5.91 Å². The molecule has 0 saturated heterocycles. The number of primary amides is 1. The Hall–Kier alpha value is -2.04. The highest BCUT2D eigenvalue weighted by Crippen LogP contribution is 2.17. The summed E-state index contributed by atoms with van der Waals surface area (Å²) in [6.07, 6.45) is 1.68. The van der Waals surface area contributed by atoms with Crippen molar-refractivity contribution < 1.29 is 4.79 Å². The molecule has 78 valence electrons. The molecule has 15 heavy (non-hydrogen) atoms. The van der Waals surface area contributed by atoms with Crippen LogP contribution in [0.5, 0.6) is 0 Å². The molecule has 0 aromatic carbocycles. The van der Waals surface area contributed by atoms with Crippen LogP contribution >= 0.6 is 0 Å². The lowest BCUT2D eigenvalue weighted by Gasteiger charge is -2.06. The molecule has 2 aromatic heterocycles. The molecule has 0 unspecified atom stereocenters. The minimum atomic E-state index is -0.465. The van der Waals surface area contributed by atoms with Crippen molar-refractivity contribution in [1.82, 2.24) is 9.38 Å². The summed E-state index contributed by atoms with van der Waals surface area (Å²) in [5.41, 5.74) is 7.29. The lowest BCUT2D eigenvalue weighted by molar-refractivity contribution is 0.100. The number of fused-ring (bicyclic) bond motifs is 1. The second kappa shape index (κ2) is 3.27. The quantitative estimate of drug-likeness (QED) is 0.759. The van der Waals surface area contributed by atoms with Crippen molar-refractivity contribution in [1.29, 1.82) is 0 Å². The summed E-state index contributed by atoms with van der Waals surface area (Å²) in [5.74, 6) is 0.374. The molecule has 0 aliphatic heterocycles. The molecule has 0 fully saturated rings. The van der Waals surface area contributed by atoms with Crippen LogP contribution in [0.4, 0.5) is 5.82 Å². The summed E-state index contributed by atoms with van der Waals surface area (Å²) >= 11 is 0. The van der Waals surface area contributed by atoms with Crippen LogP contribution in [-0.2, 0) is 0 Å². The minimum Gasteiger partial charge on any atom is -0.373 e. The van der Waals surface area contributed by atoms with Gasteiger partial charge < -0.3 is 11.1 Å². The molecule has 2 rings (SSSR count). The van der Waals surface area contributed by atoms with Gasteiger partial charge in [-0.2, -0.15) is 0 Å². The first-order valence-electron chi connectivity index (χ1n) is 4.59. The van der Waals surface area contributed by atoms with E-state index in [9.17, 15) is 4.79 Å². The lowest BCUT2D eigenvalue weighted by atomic mass is 10.2. The predicted octanol–water partition coefficient (Wildman–Crippen LogP) is 0.783. The molecule has 0 aliphatic carbocycles. The number of aromatic nitrogens is 2. The fraction of sp³-hybridized carbons (Fsp3) is 0.200. The van der Waals surface area contributed by atoms with Crippen LogP contribution in [0.3, 0.4) is 0 Å². The Morgan fingerprint density at radius 1 is 1.53 bits per heavy atom. The summed E-state index contributed by atoms with van der Waals surface area (Å²) in [6, 6.07) is 3.54. The fourth-order valence-corrected chi connectivity index (χ4v) is 1.62. The average Bonchev–Trinajstić information content (AvgIpc) is 2.62. The molecule has 2 heterocycles. The largest absolute Gasteiger partial charge is 0.373 e. The van der Waals surface area contributed by atoms with Gasteiger partial charge in [0.1, 0.15) is 5.82 Å². The summed E-state index contributed by atoms with van der Waals surface area (Å²) in [6.45, 7) is 1.94. The van der Waals surface area contributed by atoms with Crippen molar-refractivity contribution >= 4 is 17.4 Å². The van der Waals surface area contributed by atoms with E-state index in [1.54, 1.807) is 19.3 Å². The third-order valence-electron chi connectivity index (χ3n) is 2.37. The number of nitrogens with two attached hydrogens (primary N) is 1. The fourth-order valence-electron chi connectivity index (χ4n) is 1.62. The van der Waals surface area contributed by atoms with Gasteiger partial charge in [-0.25, -0.2) is 4.98 Å². The lowest BCUT2D eigenvalue weighted by Crippen LogP contribution is -2.13. The zero-order valence-corrected chi connectivity index (χ0v) is 8.61. The number of imidazole rings is 1. The van der Waals surface area contributed by atoms with E-state index >= 15 is 0 Å². The van der Waals surface area contributed by atoms with E-state index in [0.29, 0.717) is 11.2 Å². The van der Waals surface area contributed by atoms with Crippen LogP contribution in [0, 0.1) is 6.92 Å². The maximum Gasteiger partial charge on any atom is 0.252 e. The molecule has 1 amide bonds. The first-order chi connectivity index (χ1) is 7.15. The first-order valence-corrected chi connectivity index (χ1v) is 4.59. The zero-order chi connectivity index (χ0) is 11.0. The van der Waals surface area contributed by atoms with E-state index in [2.05, 4.69) is 10.3 Å². The molecular formula is C10H12N4O. The zero-order valence-electron chi connectivity index (χ0n) is 8.61. The van der Waals surface area contributed by atoms with Crippen molar-refractivity contribution in [3.05, 3.63) is 29.6 Å². The third kappa shape index (κ3) is 1.32. The molecule has 0 saturated carbocycles. The number of carbonyl (C=O) groups is 1. The molecule has 5 heteroatoms. The van der Waals surface area contributed by atoms with Crippen LogP contribution in [0.2, 0.25) is 0 Å². The SMILES string of the molecule is CNc1cnc2c(C(N)=O)ccc(C)n12. The van der Waals surface area contributed by atoms with E-state index in [1.807, 2.05) is 17.4 Å². The smallest absolute Gasteiger partial charge is 0.252 e. The number of hydrogen-bond acceptors (Lipinski definition) is 3. The van der Waals surface area contributed by atoms with E-state index in [0.717, 1.165) is 11.5 Å². The summed E-state index contributed by atoms with van der Waals surface area (Å²) in [5, 5.41) is 3.01. The van der Waals surface area contributed by atoms with Crippen molar-refractivity contribution in [3.63, 3.8) is 0 Å². The van der Waals surface area contributed by atoms with Gasteiger partial charge in [-0.15, -0.1) is 0 Å². The Morgan fingerprint density at radius 2 is 2.27 bits per heavy atom. The Kier molecular flexibility index (Phi) is 2.07. The van der Waals surface area contributed by atoms with Crippen LogP contribution in [-0.4, -0.2) is 22.3 Å². The van der Waals surface area contributed by atoms with Crippen LogP contribution in [0.25, 0.3) is 5.65 Å². The van der Waals surface area contributed by atoms with Gasteiger partial charge in [0.2, 0.25) is 0 Å². The number of hydrogen-bond donors (Lipinski definition) is 2. The molecule has 0 aliphatic rings. The Labute approximate surface area is 86.9 Å². The number of nitrogens with one attached hydrogen (secondary N) is 1. The van der Waals surface area contributed by atoms with Gasteiger partial charge in [-0.3, -0.25) is 9.20 Å².